The van der Waals surface area contributed by atoms with Crippen LogP contribution >= 0.6 is 0 Å². The second kappa shape index (κ2) is 7.13. The van der Waals surface area contributed by atoms with Gasteiger partial charge in [0.05, 0.1) is 0 Å². The number of halogens is 3. The number of carbonyl (C=O) groups excluding carboxylic acids is 1. The van der Waals surface area contributed by atoms with Crippen molar-refractivity contribution < 1.29 is 27.4 Å². The molecule has 0 fully saturated rings. The Morgan fingerprint density at radius 3 is 2.37 bits per heavy atom. The molecule has 0 spiro atoms. The van der Waals surface area contributed by atoms with Crippen molar-refractivity contribution in [1.82, 2.24) is 0 Å². The lowest BCUT2D eigenvalue weighted by atomic mass is 10.1. The number of aryl methyl sites for hydroxylation is 1. The molecule has 1 rings (SSSR count). The Labute approximate surface area is 109 Å². The smallest absolute Gasteiger partial charge is 0.411 e. The molecule has 106 valence electrons. The van der Waals surface area contributed by atoms with Crippen LogP contribution in [0.1, 0.15) is 18.9 Å². The molecule has 0 aromatic heterocycles. The van der Waals surface area contributed by atoms with Gasteiger partial charge in [0.1, 0.15) is 18.1 Å². The molecule has 3 nitrogen and oxygen atoms in total. The molecule has 0 aliphatic heterocycles. The molecule has 0 radical (unpaired) electrons. The third kappa shape index (κ3) is 7.46. The maximum absolute atomic E-state index is 11.8. The SMILES string of the molecule is CC(=O)CCc1ccc(OCOCC(F)(F)F)cc1. The van der Waals surface area contributed by atoms with E-state index >= 15 is 0 Å². The average molecular weight is 276 g/mol. The number of carbonyl (C=O) groups is 1. The summed E-state index contributed by atoms with van der Waals surface area (Å²) < 4.78 is 44.6. The number of Topliss-reactive ketones (excluding diaryl/α,β-unsaturated/α-hetero) is 1. The molecule has 0 saturated carbocycles. The number of alkyl halides is 3. The molecule has 1 aromatic rings. The van der Waals surface area contributed by atoms with E-state index in [2.05, 4.69) is 4.74 Å². The van der Waals surface area contributed by atoms with Crippen molar-refractivity contribution in [2.75, 3.05) is 13.4 Å². The minimum Gasteiger partial charge on any atom is -0.468 e. The van der Waals surface area contributed by atoms with Gasteiger partial charge in [0.25, 0.3) is 0 Å². The zero-order valence-electron chi connectivity index (χ0n) is 10.5. The van der Waals surface area contributed by atoms with Crippen molar-refractivity contribution in [2.24, 2.45) is 0 Å². The van der Waals surface area contributed by atoms with E-state index in [1.54, 1.807) is 24.3 Å². The van der Waals surface area contributed by atoms with Crippen molar-refractivity contribution in [3.05, 3.63) is 29.8 Å². The third-order valence-corrected chi connectivity index (χ3v) is 2.26. The fourth-order valence-electron chi connectivity index (χ4n) is 1.34. The number of rotatable bonds is 7. The van der Waals surface area contributed by atoms with E-state index in [1.807, 2.05) is 0 Å². The number of ether oxygens (including phenoxy) is 2. The van der Waals surface area contributed by atoms with E-state index in [-0.39, 0.29) is 5.78 Å². The van der Waals surface area contributed by atoms with Gasteiger partial charge in [-0.25, -0.2) is 0 Å². The van der Waals surface area contributed by atoms with Crippen LogP contribution in [-0.4, -0.2) is 25.4 Å². The summed E-state index contributed by atoms with van der Waals surface area (Å²) in [5, 5.41) is 0. The van der Waals surface area contributed by atoms with Gasteiger partial charge in [-0.2, -0.15) is 13.2 Å². The molecule has 0 unspecified atom stereocenters. The molecule has 0 atom stereocenters. The highest BCUT2D eigenvalue weighted by atomic mass is 19.4. The van der Waals surface area contributed by atoms with Gasteiger partial charge >= 0.3 is 6.18 Å². The minimum absolute atomic E-state index is 0.112. The molecule has 0 bridgehead atoms. The van der Waals surface area contributed by atoms with Crippen molar-refractivity contribution in [3.63, 3.8) is 0 Å². The number of benzene rings is 1. The van der Waals surface area contributed by atoms with Crippen molar-refractivity contribution in [2.45, 2.75) is 25.9 Å². The quantitative estimate of drug-likeness (QED) is 0.567. The first-order valence-electron chi connectivity index (χ1n) is 5.72. The third-order valence-electron chi connectivity index (χ3n) is 2.26. The van der Waals surface area contributed by atoms with Gasteiger partial charge < -0.3 is 14.3 Å². The monoisotopic (exact) mass is 276 g/mol. The predicted molar refractivity (Wildman–Crippen MR) is 62.9 cm³/mol. The van der Waals surface area contributed by atoms with E-state index in [4.69, 9.17) is 4.74 Å². The summed E-state index contributed by atoms with van der Waals surface area (Å²) in [5.41, 5.74) is 0.971. The minimum atomic E-state index is -4.35. The highest BCUT2D eigenvalue weighted by Gasteiger charge is 2.27. The summed E-state index contributed by atoms with van der Waals surface area (Å²) >= 11 is 0. The zero-order chi connectivity index (χ0) is 14.3. The van der Waals surface area contributed by atoms with Crippen molar-refractivity contribution in [3.8, 4) is 5.75 Å². The standard InChI is InChI=1S/C13H15F3O3/c1-10(17)2-3-11-4-6-12(7-5-11)19-9-18-8-13(14,15)16/h4-7H,2-3,8-9H2,1H3. The summed E-state index contributed by atoms with van der Waals surface area (Å²) in [6, 6.07) is 6.79. The van der Waals surface area contributed by atoms with Gasteiger partial charge in [-0.1, -0.05) is 12.1 Å². The van der Waals surface area contributed by atoms with Crippen molar-refractivity contribution in [1.29, 1.82) is 0 Å². The number of hydrogen-bond acceptors (Lipinski definition) is 3. The Kier molecular flexibility index (Phi) is 5.82. The topological polar surface area (TPSA) is 35.5 Å². The molecule has 0 aliphatic carbocycles. The van der Waals surface area contributed by atoms with E-state index in [9.17, 15) is 18.0 Å². The highest BCUT2D eigenvalue weighted by Crippen LogP contribution is 2.16. The van der Waals surface area contributed by atoms with E-state index in [0.717, 1.165) is 5.56 Å². The van der Waals surface area contributed by atoms with Crippen LogP contribution in [-0.2, 0) is 16.0 Å². The summed E-state index contributed by atoms with van der Waals surface area (Å²) in [5.74, 6) is 0.537. The van der Waals surface area contributed by atoms with E-state index in [0.29, 0.717) is 18.6 Å². The van der Waals surface area contributed by atoms with Crippen LogP contribution in [0.2, 0.25) is 0 Å². The summed E-state index contributed by atoms with van der Waals surface area (Å²) in [6.45, 7) is -0.258. The van der Waals surface area contributed by atoms with Crippen LogP contribution in [0.3, 0.4) is 0 Å². The maximum Gasteiger partial charge on any atom is 0.411 e. The number of ketones is 1. The first-order valence-corrected chi connectivity index (χ1v) is 5.72. The van der Waals surface area contributed by atoms with Crippen molar-refractivity contribution >= 4 is 5.78 Å². The predicted octanol–water partition coefficient (Wildman–Crippen LogP) is 3.12. The molecular formula is C13H15F3O3. The Morgan fingerprint density at radius 2 is 1.84 bits per heavy atom. The Bertz CT molecular complexity index is 399. The van der Waals surface area contributed by atoms with Gasteiger partial charge in [-0.05, 0) is 31.0 Å². The van der Waals surface area contributed by atoms with Gasteiger partial charge in [-0.3, -0.25) is 0 Å². The first-order chi connectivity index (χ1) is 8.87. The van der Waals surface area contributed by atoms with Crippen LogP contribution in [0.25, 0.3) is 0 Å². The van der Waals surface area contributed by atoms with Crippen LogP contribution in [0.4, 0.5) is 13.2 Å². The number of hydrogen-bond donors (Lipinski definition) is 0. The van der Waals surface area contributed by atoms with Gasteiger partial charge in [0.15, 0.2) is 6.79 Å². The van der Waals surface area contributed by atoms with Gasteiger partial charge in [0.2, 0.25) is 0 Å². The normalized spacial score (nSPS) is 11.4. The summed E-state index contributed by atoms with van der Waals surface area (Å²) in [7, 11) is 0. The lowest BCUT2D eigenvalue weighted by molar-refractivity contribution is -0.186. The largest absolute Gasteiger partial charge is 0.468 e. The molecular weight excluding hydrogens is 261 g/mol. The molecule has 0 saturated heterocycles. The second-order valence-electron chi connectivity index (χ2n) is 4.07. The van der Waals surface area contributed by atoms with E-state index < -0.39 is 19.6 Å². The molecule has 6 heteroatoms. The first kappa shape index (κ1) is 15.5. The highest BCUT2D eigenvalue weighted by molar-refractivity contribution is 5.75. The van der Waals surface area contributed by atoms with Crippen LogP contribution in [0.15, 0.2) is 24.3 Å². The molecule has 1 aromatic carbocycles. The van der Waals surface area contributed by atoms with Crippen LogP contribution < -0.4 is 4.74 Å². The lowest BCUT2D eigenvalue weighted by Gasteiger charge is -2.09. The van der Waals surface area contributed by atoms with E-state index in [1.165, 1.54) is 6.92 Å². The fraction of sp³-hybridized carbons (Fsp3) is 0.462. The van der Waals surface area contributed by atoms with Crippen LogP contribution in [0.5, 0.6) is 5.75 Å². The molecule has 19 heavy (non-hydrogen) atoms. The molecule has 0 heterocycles. The summed E-state index contributed by atoms with van der Waals surface area (Å²) in [4.78, 5) is 10.8. The second-order valence-corrected chi connectivity index (χ2v) is 4.07. The Hall–Kier alpha value is -1.56. The molecule has 0 N–H and O–H groups in total. The van der Waals surface area contributed by atoms with Gasteiger partial charge in [0, 0.05) is 6.42 Å². The Morgan fingerprint density at radius 1 is 1.21 bits per heavy atom. The van der Waals surface area contributed by atoms with Crippen LogP contribution in [0, 0.1) is 0 Å². The lowest BCUT2D eigenvalue weighted by Crippen LogP contribution is -2.19. The Balaban J connectivity index is 2.30. The summed E-state index contributed by atoms with van der Waals surface area (Å²) in [6.07, 6.45) is -3.24. The molecule has 0 aliphatic rings. The fourth-order valence-corrected chi connectivity index (χ4v) is 1.34. The molecule has 0 amide bonds. The zero-order valence-corrected chi connectivity index (χ0v) is 10.5. The maximum atomic E-state index is 11.8. The average Bonchev–Trinajstić information content (AvgIpc) is 2.32. The van der Waals surface area contributed by atoms with Gasteiger partial charge in [-0.15, -0.1) is 0 Å².